The van der Waals surface area contributed by atoms with Crippen LogP contribution in [0.3, 0.4) is 0 Å². The summed E-state index contributed by atoms with van der Waals surface area (Å²) in [5.41, 5.74) is 2.69. The highest BCUT2D eigenvalue weighted by Gasteiger charge is 2.18. The molecule has 0 saturated carbocycles. The topological polar surface area (TPSA) is 52.8 Å². The van der Waals surface area contributed by atoms with E-state index in [1.165, 1.54) is 0 Å². The number of hydrogen-bond donors (Lipinski definition) is 0. The van der Waals surface area contributed by atoms with Crippen molar-refractivity contribution in [1.29, 1.82) is 5.26 Å². The minimum absolute atomic E-state index is 0.578. The molecule has 4 nitrogen and oxygen atoms in total. The summed E-state index contributed by atoms with van der Waals surface area (Å²) in [4.78, 5) is 2.05. The smallest absolute Gasteiger partial charge is 0.169 e. The lowest BCUT2D eigenvalue weighted by molar-refractivity contribution is 0.556. The van der Waals surface area contributed by atoms with E-state index in [2.05, 4.69) is 41.9 Å². The third-order valence-corrected chi connectivity index (χ3v) is 3.58. The quantitative estimate of drug-likeness (QED) is 0.789. The van der Waals surface area contributed by atoms with E-state index in [4.69, 9.17) is 0 Å². The molecule has 0 N–H and O–H groups in total. The lowest BCUT2D eigenvalue weighted by atomic mass is 10.0. The summed E-state index contributed by atoms with van der Waals surface area (Å²) < 4.78 is 0. The monoisotopic (exact) mass is 260 g/mol. The molecule has 0 saturated heterocycles. The van der Waals surface area contributed by atoms with Crippen LogP contribution in [-0.4, -0.2) is 23.8 Å². The predicted octanol–water partition coefficient (Wildman–Crippen LogP) is 2.96. The molecule has 1 aromatic rings. The molecule has 1 atom stereocenters. The van der Waals surface area contributed by atoms with Gasteiger partial charge in [0, 0.05) is 13.6 Å². The first-order valence-corrected chi connectivity index (χ1v) is 7.08. The van der Waals surface area contributed by atoms with Gasteiger partial charge in [-0.05, 0) is 24.3 Å². The second-order valence-corrected chi connectivity index (χ2v) is 5.04. The first-order chi connectivity index (χ1) is 9.08. The third-order valence-electron chi connectivity index (χ3n) is 3.58. The van der Waals surface area contributed by atoms with Crippen LogP contribution in [0.2, 0.25) is 0 Å². The van der Waals surface area contributed by atoms with Gasteiger partial charge in [0.1, 0.15) is 11.6 Å². The van der Waals surface area contributed by atoms with Gasteiger partial charge in [-0.3, -0.25) is 0 Å². The molecule has 0 bridgehead atoms. The van der Waals surface area contributed by atoms with Crippen molar-refractivity contribution >= 4 is 5.82 Å². The van der Waals surface area contributed by atoms with Crippen LogP contribution in [-0.2, 0) is 12.8 Å². The van der Waals surface area contributed by atoms with Crippen LogP contribution < -0.4 is 4.90 Å². The summed E-state index contributed by atoms with van der Waals surface area (Å²) in [6, 6.07) is 2.32. The molecule has 0 fully saturated rings. The number of aryl methyl sites for hydroxylation is 1. The van der Waals surface area contributed by atoms with Gasteiger partial charge in [-0.1, -0.05) is 34.1 Å². The molecular formula is C15H24N4. The fourth-order valence-corrected chi connectivity index (χ4v) is 2.23. The van der Waals surface area contributed by atoms with Crippen molar-refractivity contribution in [2.24, 2.45) is 5.92 Å². The second kappa shape index (κ2) is 7.08. The van der Waals surface area contributed by atoms with Crippen LogP contribution in [0.4, 0.5) is 5.82 Å². The highest BCUT2D eigenvalue weighted by molar-refractivity contribution is 5.57. The maximum atomic E-state index is 9.45. The van der Waals surface area contributed by atoms with Gasteiger partial charge in [0.05, 0.1) is 5.69 Å². The van der Waals surface area contributed by atoms with E-state index in [1.807, 2.05) is 14.0 Å². The van der Waals surface area contributed by atoms with Gasteiger partial charge in [0.2, 0.25) is 0 Å². The molecule has 1 aromatic heterocycles. The van der Waals surface area contributed by atoms with Crippen molar-refractivity contribution in [1.82, 2.24) is 10.2 Å². The summed E-state index contributed by atoms with van der Waals surface area (Å²) >= 11 is 0. The number of anilines is 1. The molecule has 104 valence electrons. The lowest BCUT2D eigenvalue weighted by Gasteiger charge is -2.23. The average Bonchev–Trinajstić information content (AvgIpc) is 2.44. The molecule has 0 aromatic carbocycles. The van der Waals surface area contributed by atoms with Gasteiger partial charge in [-0.15, -0.1) is 5.10 Å². The van der Waals surface area contributed by atoms with Crippen molar-refractivity contribution in [3.8, 4) is 6.07 Å². The van der Waals surface area contributed by atoms with Crippen molar-refractivity contribution in [3.05, 3.63) is 16.8 Å². The van der Waals surface area contributed by atoms with E-state index in [9.17, 15) is 5.26 Å². The molecule has 1 heterocycles. The van der Waals surface area contributed by atoms with Crippen LogP contribution in [0.5, 0.6) is 0 Å². The van der Waals surface area contributed by atoms with Crippen LogP contribution in [0, 0.1) is 17.2 Å². The normalized spacial score (nSPS) is 12.0. The Morgan fingerprint density at radius 1 is 1.21 bits per heavy atom. The molecule has 0 aliphatic rings. The zero-order valence-corrected chi connectivity index (χ0v) is 12.7. The van der Waals surface area contributed by atoms with Crippen molar-refractivity contribution in [2.75, 3.05) is 18.5 Å². The first-order valence-electron chi connectivity index (χ1n) is 7.08. The van der Waals surface area contributed by atoms with Gasteiger partial charge in [0.15, 0.2) is 5.82 Å². The molecule has 0 spiro atoms. The molecule has 4 heteroatoms. The highest BCUT2D eigenvalue weighted by Crippen LogP contribution is 2.23. The summed E-state index contributed by atoms with van der Waals surface area (Å²) in [6.45, 7) is 9.39. The molecule has 19 heavy (non-hydrogen) atoms. The maximum Gasteiger partial charge on any atom is 0.169 e. The fraction of sp³-hybridized carbons (Fsp3) is 0.667. The zero-order valence-electron chi connectivity index (χ0n) is 12.7. The second-order valence-electron chi connectivity index (χ2n) is 5.04. The van der Waals surface area contributed by atoms with Crippen LogP contribution in [0.15, 0.2) is 0 Å². The van der Waals surface area contributed by atoms with E-state index in [0.29, 0.717) is 11.5 Å². The van der Waals surface area contributed by atoms with E-state index < -0.39 is 0 Å². The highest BCUT2D eigenvalue weighted by atomic mass is 15.2. The lowest BCUT2D eigenvalue weighted by Crippen LogP contribution is -2.26. The number of nitrogens with zero attached hydrogens (tertiary/aromatic N) is 4. The zero-order chi connectivity index (χ0) is 14.4. The molecule has 1 unspecified atom stereocenters. The Balaban J connectivity index is 3.18. The number of hydrogen-bond acceptors (Lipinski definition) is 4. The van der Waals surface area contributed by atoms with Gasteiger partial charge in [-0.25, -0.2) is 0 Å². The van der Waals surface area contributed by atoms with E-state index in [-0.39, 0.29) is 0 Å². The Labute approximate surface area is 116 Å². The Kier molecular flexibility index (Phi) is 5.75. The average molecular weight is 260 g/mol. The van der Waals surface area contributed by atoms with Crippen LogP contribution >= 0.6 is 0 Å². The molecule has 1 rings (SSSR count). The van der Waals surface area contributed by atoms with Crippen LogP contribution in [0.25, 0.3) is 0 Å². The minimum atomic E-state index is 0.578. The fourth-order valence-electron chi connectivity index (χ4n) is 2.23. The SMILES string of the molecule is CCc1nnc(N(C)CC(C)CC)c(C#N)c1CC. The summed E-state index contributed by atoms with van der Waals surface area (Å²) in [5, 5.41) is 18.0. The molecule has 0 radical (unpaired) electrons. The van der Waals surface area contributed by atoms with Crippen molar-refractivity contribution < 1.29 is 0 Å². The predicted molar refractivity (Wildman–Crippen MR) is 78.2 cm³/mol. The van der Waals surface area contributed by atoms with Gasteiger partial charge in [-0.2, -0.15) is 10.4 Å². The molecule has 0 aliphatic carbocycles. The van der Waals surface area contributed by atoms with E-state index in [0.717, 1.165) is 42.9 Å². The largest absolute Gasteiger partial charge is 0.357 e. The van der Waals surface area contributed by atoms with Crippen LogP contribution in [0.1, 0.15) is 50.9 Å². The Bertz CT molecular complexity index is 462. The van der Waals surface area contributed by atoms with Gasteiger partial charge < -0.3 is 4.90 Å². The van der Waals surface area contributed by atoms with Gasteiger partial charge in [0.25, 0.3) is 0 Å². The van der Waals surface area contributed by atoms with Crippen molar-refractivity contribution in [3.63, 3.8) is 0 Å². The Morgan fingerprint density at radius 3 is 2.37 bits per heavy atom. The molecule has 0 amide bonds. The number of aromatic nitrogens is 2. The molecular weight excluding hydrogens is 236 g/mol. The summed E-state index contributed by atoms with van der Waals surface area (Å²) in [7, 11) is 1.99. The number of rotatable bonds is 6. The number of nitriles is 1. The van der Waals surface area contributed by atoms with Crippen molar-refractivity contribution in [2.45, 2.75) is 47.0 Å². The molecule has 0 aliphatic heterocycles. The summed E-state index contributed by atoms with van der Waals surface area (Å²) in [6.07, 6.45) is 2.76. The van der Waals surface area contributed by atoms with Gasteiger partial charge >= 0.3 is 0 Å². The summed E-state index contributed by atoms with van der Waals surface area (Å²) in [5.74, 6) is 1.30. The standard InChI is InChI=1S/C15H24N4/c1-6-11(4)10-19(5)15-13(9-16)12(7-2)14(8-3)17-18-15/h11H,6-8,10H2,1-5H3. The van der Waals surface area contributed by atoms with E-state index >= 15 is 0 Å². The minimum Gasteiger partial charge on any atom is -0.357 e. The maximum absolute atomic E-state index is 9.45. The Hall–Kier alpha value is -1.63. The Morgan fingerprint density at radius 2 is 1.89 bits per heavy atom. The first kappa shape index (κ1) is 15.4. The van der Waals surface area contributed by atoms with E-state index in [1.54, 1.807) is 0 Å². The third kappa shape index (κ3) is 3.44.